The van der Waals surface area contributed by atoms with Crippen LogP contribution in [-0.2, 0) is 9.53 Å². The second-order valence-corrected chi connectivity index (χ2v) is 6.24. The number of ether oxygens (including phenoxy) is 1. The van der Waals surface area contributed by atoms with Gasteiger partial charge in [-0.15, -0.1) is 0 Å². The third kappa shape index (κ3) is 10.6. The number of thioether (sulfide) groups is 1. The first-order valence-electron chi connectivity index (χ1n) is 6.17. The van der Waals surface area contributed by atoms with Gasteiger partial charge in [0.2, 0.25) is 0 Å². The number of amides is 1. The fraction of sp³-hybridized carbons (Fsp3) is 0.833. The summed E-state index contributed by atoms with van der Waals surface area (Å²) in [6.45, 7) is 5.28. The van der Waals surface area contributed by atoms with Crippen LogP contribution in [0.25, 0.3) is 0 Å². The van der Waals surface area contributed by atoms with Crippen molar-refractivity contribution in [2.24, 2.45) is 0 Å². The van der Waals surface area contributed by atoms with E-state index in [-0.39, 0.29) is 6.61 Å². The molecular weight excluding hydrogens is 270 g/mol. The predicted molar refractivity (Wildman–Crippen MR) is 74.4 cm³/mol. The topological polar surface area (TPSA) is 95.9 Å². The zero-order valence-electron chi connectivity index (χ0n) is 11.6. The second-order valence-electron chi connectivity index (χ2n) is 5.02. The molecule has 0 aromatic carbocycles. The van der Waals surface area contributed by atoms with E-state index in [0.717, 1.165) is 5.75 Å². The minimum atomic E-state index is -1.08. The number of nitrogens with one attached hydrogen (secondary N) is 1. The third-order valence-corrected chi connectivity index (χ3v) is 3.09. The average Bonchev–Trinajstić information content (AvgIpc) is 2.24. The summed E-state index contributed by atoms with van der Waals surface area (Å²) in [7, 11) is 0. The first-order chi connectivity index (χ1) is 8.76. The zero-order chi connectivity index (χ0) is 14.9. The van der Waals surface area contributed by atoms with Gasteiger partial charge in [-0.05, 0) is 45.1 Å². The summed E-state index contributed by atoms with van der Waals surface area (Å²) >= 11 is 1.55. The van der Waals surface area contributed by atoms with Gasteiger partial charge < -0.3 is 20.3 Å². The highest BCUT2D eigenvalue weighted by atomic mass is 32.2. The van der Waals surface area contributed by atoms with Crippen LogP contribution >= 0.6 is 11.8 Å². The Labute approximate surface area is 117 Å². The minimum absolute atomic E-state index is 0.130. The van der Waals surface area contributed by atoms with E-state index in [4.69, 9.17) is 14.9 Å². The Morgan fingerprint density at radius 1 is 1.32 bits per heavy atom. The number of hydrogen-bond acceptors (Lipinski definition) is 5. The van der Waals surface area contributed by atoms with E-state index in [1.165, 1.54) is 0 Å². The van der Waals surface area contributed by atoms with Crippen molar-refractivity contribution in [1.29, 1.82) is 0 Å². The van der Waals surface area contributed by atoms with Gasteiger partial charge >= 0.3 is 12.1 Å². The van der Waals surface area contributed by atoms with Crippen LogP contribution in [0.15, 0.2) is 0 Å². The molecule has 0 radical (unpaired) electrons. The number of carbonyl (C=O) groups excluding carboxylic acids is 1. The van der Waals surface area contributed by atoms with Crippen molar-refractivity contribution in [1.82, 2.24) is 5.32 Å². The maximum Gasteiger partial charge on any atom is 0.408 e. The standard InChI is InChI=1S/C12H23NO5S/c1-12(2,3)18-11(17)13-9(10(15)16)5-8-19-7-4-6-14/h9,14H,4-8H2,1-3H3,(H,13,17)(H,15,16). The largest absolute Gasteiger partial charge is 0.480 e. The molecule has 0 saturated carbocycles. The van der Waals surface area contributed by atoms with Gasteiger partial charge in [-0.1, -0.05) is 0 Å². The summed E-state index contributed by atoms with van der Waals surface area (Å²) in [4.78, 5) is 22.5. The molecule has 0 aliphatic rings. The van der Waals surface area contributed by atoms with Crippen LogP contribution in [0.5, 0.6) is 0 Å². The lowest BCUT2D eigenvalue weighted by Crippen LogP contribution is -2.43. The Morgan fingerprint density at radius 2 is 1.95 bits per heavy atom. The van der Waals surface area contributed by atoms with E-state index < -0.39 is 23.7 Å². The van der Waals surface area contributed by atoms with Crippen molar-refractivity contribution in [2.45, 2.75) is 45.3 Å². The van der Waals surface area contributed by atoms with Crippen molar-refractivity contribution in [2.75, 3.05) is 18.1 Å². The minimum Gasteiger partial charge on any atom is -0.480 e. The van der Waals surface area contributed by atoms with Gasteiger partial charge in [-0.2, -0.15) is 11.8 Å². The van der Waals surface area contributed by atoms with Crippen molar-refractivity contribution in [3.63, 3.8) is 0 Å². The number of carbonyl (C=O) groups is 2. The number of aliphatic hydroxyl groups excluding tert-OH is 1. The van der Waals surface area contributed by atoms with E-state index >= 15 is 0 Å². The number of carboxylic acids is 1. The van der Waals surface area contributed by atoms with E-state index in [1.54, 1.807) is 32.5 Å². The molecule has 0 aromatic rings. The molecule has 1 amide bonds. The molecule has 7 heteroatoms. The number of rotatable bonds is 8. The highest BCUT2D eigenvalue weighted by Crippen LogP contribution is 2.09. The number of hydrogen-bond donors (Lipinski definition) is 3. The number of aliphatic carboxylic acids is 1. The van der Waals surface area contributed by atoms with Crippen molar-refractivity contribution < 1.29 is 24.5 Å². The van der Waals surface area contributed by atoms with Crippen LogP contribution in [0.1, 0.15) is 33.6 Å². The quantitative estimate of drug-likeness (QED) is 0.587. The molecule has 0 aromatic heterocycles. The van der Waals surface area contributed by atoms with Crippen molar-refractivity contribution in [3.05, 3.63) is 0 Å². The van der Waals surface area contributed by atoms with Gasteiger partial charge in [0, 0.05) is 6.61 Å². The van der Waals surface area contributed by atoms with Gasteiger partial charge in [0.05, 0.1) is 0 Å². The molecular formula is C12H23NO5S. The maximum atomic E-state index is 11.5. The smallest absolute Gasteiger partial charge is 0.408 e. The highest BCUT2D eigenvalue weighted by molar-refractivity contribution is 7.99. The third-order valence-electron chi connectivity index (χ3n) is 1.99. The number of carboxylic acid groups (broad SMARTS) is 1. The van der Waals surface area contributed by atoms with Crippen molar-refractivity contribution in [3.8, 4) is 0 Å². The van der Waals surface area contributed by atoms with E-state index in [1.807, 2.05) is 0 Å². The Morgan fingerprint density at radius 3 is 2.42 bits per heavy atom. The van der Waals surface area contributed by atoms with Crippen LogP contribution in [0.4, 0.5) is 4.79 Å². The lowest BCUT2D eigenvalue weighted by Gasteiger charge is -2.21. The second kappa shape index (κ2) is 9.03. The Balaban J connectivity index is 4.05. The van der Waals surface area contributed by atoms with Gasteiger partial charge in [0.15, 0.2) is 0 Å². The molecule has 0 bridgehead atoms. The van der Waals surface area contributed by atoms with Crippen LogP contribution in [-0.4, -0.2) is 52.0 Å². The van der Waals surface area contributed by atoms with Crippen LogP contribution in [0.3, 0.4) is 0 Å². The van der Waals surface area contributed by atoms with Crippen LogP contribution in [0, 0.1) is 0 Å². The lowest BCUT2D eigenvalue weighted by atomic mass is 10.2. The van der Waals surface area contributed by atoms with Gasteiger partial charge in [-0.25, -0.2) is 9.59 Å². The van der Waals surface area contributed by atoms with Gasteiger partial charge in [0.1, 0.15) is 11.6 Å². The highest BCUT2D eigenvalue weighted by Gasteiger charge is 2.23. The Bertz CT molecular complexity index is 290. The molecule has 0 fully saturated rings. The van der Waals surface area contributed by atoms with Gasteiger partial charge in [0.25, 0.3) is 0 Å². The molecule has 112 valence electrons. The number of aliphatic hydroxyl groups is 1. The Hall–Kier alpha value is -0.950. The monoisotopic (exact) mass is 293 g/mol. The molecule has 0 aliphatic heterocycles. The predicted octanol–water partition coefficient (Wildman–Crippen LogP) is 1.47. The first-order valence-corrected chi connectivity index (χ1v) is 7.32. The fourth-order valence-electron chi connectivity index (χ4n) is 1.18. The zero-order valence-corrected chi connectivity index (χ0v) is 12.5. The first kappa shape index (κ1) is 18.0. The summed E-state index contributed by atoms with van der Waals surface area (Å²) in [5.74, 6) is 0.302. The van der Waals surface area contributed by atoms with Crippen LogP contribution < -0.4 is 5.32 Å². The summed E-state index contributed by atoms with van der Waals surface area (Å²) in [6, 6.07) is -0.948. The molecule has 6 nitrogen and oxygen atoms in total. The van der Waals surface area contributed by atoms with E-state index in [2.05, 4.69) is 5.32 Å². The molecule has 0 saturated heterocycles. The fourth-order valence-corrected chi connectivity index (χ4v) is 2.12. The molecule has 3 N–H and O–H groups in total. The van der Waals surface area contributed by atoms with Crippen molar-refractivity contribution >= 4 is 23.8 Å². The molecule has 1 atom stereocenters. The average molecular weight is 293 g/mol. The summed E-state index contributed by atoms with van der Waals surface area (Å²) in [5.41, 5.74) is -0.650. The van der Waals surface area contributed by atoms with E-state index in [0.29, 0.717) is 18.6 Å². The molecule has 0 heterocycles. The summed E-state index contributed by atoms with van der Waals surface area (Å²) in [5, 5.41) is 20.0. The molecule has 19 heavy (non-hydrogen) atoms. The number of alkyl carbamates (subject to hydrolysis) is 1. The summed E-state index contributed by atoms with van der Waals surface area (Å²) < 4.78 is 5.01. The molecule has 0 aliphatic carbocycles. The van der Waals surface area contributed by atoms with Gasteiger partial charge in [-0.3, -0.25) is 0 Å². The van der Waals surface area contributed by atoms with Crippen LogP contribution in [0.2, 0.25) is 0 Å². The maximum absolute atomic E-state index is 11.5. The normalized spacial score (nSPS) is 12.8. The van der Waals surface area contributed by atoms with E-state index in [9.17, 15) is 9.59 Å². The molecule has 1 unspecified atom stereocenters. The molecule has 0 rings (SSSR count). The molecule has 0 spiro atoms. The SMILES string of the molecule is CC(C)(C)OC(=O)NC(CCSCCCO)C(=O)O. The summed E-state index contributed by atoms with van der Waals surface area (Å²) in [6.07, 6.45) is 0.285. The lowest BCUT2D eigenvalue weighted by molar-refractivity contribution is -0.139. The Kier molecular flexibility index (Phi) is 8.58.